The van der Waals surface area contributed by atoms with E-state index in [2.05, 4.69) is 4.74 Å². The van der Waals surface area contributed by atoms with Gasteiger partial charge in [-0.2, -0.15) is 0 Å². The van der Waals surface area contributed by atoms with E-state index in [0.29, 0.717) is 6.07 Å². The van der Waals surface area contributed by atoms with Crippen LogP contribution in [0, 0.1) is 5.82 Å². The highest BCUT2D eigenvalue weighted by Crippen LogP contribution is 2.19. The Labute approximate surface area is 114 Å². The van der Waals surface area contributed by atoms with Crippen molar-refractivity contribution in [2.45, 2.75) is 4.90 Å². The number of ether oxygens (including phenoxy) is 1. The van der Waals surface area contributed by atoms with Gasteiger partial charge in [-0.05, 0) is 18.2 Å². The maximum Gasteiger partial charge on any atom is 0.322 e. The third-order valence-corrected chi connectivity index (χ3v) is 4.13. The summed E-state index contributed by atoms with van der Waals surface area (Å²) in [6.07, 6.45) is 0. The van der Waals surface area contributed by atoms with E-state index in [1.807, 2.05) is 0 Å². The zero-order valence-electron chi connectivity index (χ0n) is 10.2. The normalized spacial score (nSPS) is 11.9. The van der Waals surface area contributed by atoms with Gasteiger partial charge >= 0.3 is 5.97 Å². The van der Waals surface area contributed by atoms with Gasteiger partial charge in [0.2, 0.25) is 20.0 Å². The molecule has 112 valence electrons. The molecule has 1 aromatic rings. The van der Waals surface area contributed by atoms with Crippen LogP contribution in [0.1, 0.15) is 0 Å². The first-order valence-corrected chi connectivity index (χ1v) is 8.14. The van der Waals surface area contributed by atoms with Gasteiger partial charge in [0.05, 0.1) is 17.7 Å². The van der Waals surface area contributed by atoms with Gasteiger partial charge < -0.3 is 4.74 Å². The van der Waals surface area contributed by atoms with E-state index in [1.54, 1.807) is 4.72 Å². The summed E-state index contributed by atoms with van der Waals surface area (Å²) in [5.74, 6) is -3.18. The first kappa shape index (κ1) is 16.3. The topological polar surface area (TPSA) is 133 Å². The molecule has 0 saturated carbocycles. The molecule has 0 bridgehead atoms. The lowest BCUT2D eigenvalue weighted by molar-refractivity contribution is -0.137. The molecule has 0 radical (unpaired) electrons. The second-order valence-corrected chi connectivity index (χ2v) is 6.91. The van der Waals surface area contributed by atoms with E-state index in [-0.39, 0.29) is 0 Å². The molecule has 8 nitrogen and oxygen atoms in total. The average molecular weight is 326 g/mol. The van der Waals surface area contributed by atoms with Gasteiger partial charge in [-0.3, -0.25) is 9.52 Å². The number of nitrogens with one attached hydrogen (secondary N) is 1. The van der Waals surface area contributed by atoms with Crippen LogP contribution >= 0.6 is 0 Å². The van der Waals surface area contributed by atoms with E-state index in [0.717, 1.165) is 19.2 Å². The van der Waals surface area contributed by atoms with Crippen LogP contribution in [0.25, 0.3) is 0 Å². The Morgan fingerprint density at radius 2 is 1.95 bits per heavy atom. The Morgan fingerprint density at radius 3 is 2.40 bits per heavy atom. The van der Waals surface area contributed by atoms with Crippen molar-refractivity contribution in [2.24, 2.45) is 5.14 Å². The molecule has 0 saturated heterocycles. The van der Waals surface area contributed by atoms with Crippen LogP contribution in [0.15, 0.2) is 23.1 Å². The molecule has 11 heteroatoms. The maximum absolute atomic E-state index is 13.6. The number of hydrogen-bond acceptors (Lipinski definition) is 6. The minimum absolute atomic E-state index is 0.508. The van der Waals surface area contributed by atoms with Gasteiger partial charge in [-0.1, -0.05) is 0 Å². The fourth-order valence-corrected chi connectivity index (χ4v) is 2.70. The summed E-state index contributed by atoms with van der Waals surface area (Å²) in [4.78, 5) is 10.3. The average Bonchev–Trinajstić information content (AvgIpc) is 2.29. The van der Waals surface area contributed by atoms with Crippen molar-refractivity contribution >= 4 is 31.7 Å². The van der Waals surface area contributed by atoms with Crippen LogP contribution < -0.4 is 9.86 Å². The highest BCUT2D eigenvalue weighted by atomic mass is 32.2. The molecule has 0 spiro atoms. The molecule has 0 aliphatic heterocycles. The molecule has 0 aliphatic carbocycles. The minimum Gasteiger partial charge on any atom is -0.468 e. The fourth-order valence-electron chi connectivity index (χ4n) is 1.17. The summed E-state index contributed by atoms with van der Waals surface area (Å²) in [5, 5.41) is 4.79. The van der Waals surface area contributed by atoms with Crippen LogP contribution in [0.2, 0.25) is 0 Å². The van der Waals surface area contributed by atoms with E-state index in [9.17, 15) is 26.0 Å². The van der Waals surface area contributed by atoms with Crippen molar-refractivity contribution < 1.29 is 30.8 Å². The Bertz CT molecular complexity index is 729. The van der Waals surface area contributed by atoms with Crippen molar-refractivity contribution in [3.63, 3.8) is 0 Å². The zero-order chi connectivity index (χ0) is 15.6. The molecule has 0 amide bonds. The van der Waals surface area contributed by atoms with Crippen LogP contribution in [0.3, 0.4) is 0 Å². The first-order valence-electron chi connectivity index (χ1n) is 4.95. The number of sulfonamides is 2. The third kappa shape index (κ3) is 4.43. The van der Waals surface area contributed by atoms with Crippen molar-refractivity contribution in [1.29, 1.82) is 0 Å². The number of carbonyl (C=O) groups is 1. The number of carbonyl (C=O) groups excluding carboxylic acids is 1. The highest BCUT2D eigenvalue weighted by Gasteiger charge is 2.19. The Kier molecular flexibility index (Phi) is 4.68. The smallest absolute Gasteiger partial charge is 0.322 e. The summed E-state index contributed by atoms with van der Waals surface area (Å²) in [5.41, 5.74) is -0.513. The maximum atomic E-state index is 13.6. The fraction of sp³-hybridized carbons (Fsp3) is 0.222. The molecule has 0 aromatic heterocycles. The van der Waals surface area contributed by atoms with E-state index in [1.165, 1.54) is 0 Å². The number of esters is 1. The Balaban J connectivity index is 3.03. The molecular weight excluding hydrogens is 315 g/mol. The van der Waals surface area contributed by atoms with Crippen LogP contribution in [-0.4, -0.2) is 35.7 Å². The van der Waals surface area contributed by atoms with Crippen molar-refractivity contribution in [3.05, 3.63) is 24.0 Å². The van der Waals surface area contributed by atoms with E-state index >= 15 is 0 Å². The number of primary sulfonamides is 1. The minimum atomic E-state index is -4.16. The zero-order valence-corrected chi connectivity index (χ0v) is 11.8. The third-order valence-electron chi connectivity index (χ3n) is 2.07. The van der Waals surface area contributed by atoms with Gasteiger partial charge in [0.25, 0.3) is 0 Å². The number of nitrogens with two attached hydrogens (primary N) is 1. The highest BCUT2D eigenvalue weighted by molar-refractivity contribution is 7.93. The second kappa shape index (κ2) is 5.73. The second-order valence-electron chi connectivity index (χ2n) is 3.62. The van der Waals surface area contributed by atoms with Gasteiger partial charge in [0.1, 0.15) is 5.82 Å². The predicted octanol–water partition coefficient (Wildman–Crippen LogP) is -0.612. The summed E-state index contributed by atoms with van der Waals surface area (Å²) in [6.45, 7) is 0. The lowest BCUT2D eigenvalue weighted by Gasteiger charge is -2.08. The molecule has 1 rings (SSSR count). The molecule has 0 aliphatic rings. The molecule has 0 atom stereocenters. The summed E-state index contributed by atoms with van der Waals surface area (Å²) in [7, 11) is -7.26. The van der Waals surface area contributed by atoms with Crippen LogP contribution in [0.5, 0.6) is 0 Å². The standard InChI is InChI=1S/C9H11FN2O6S2/c1-18-9(13)5-19(14,15)12-8-3-2-6(4-7(8)10)20(11,16)17/h2-4,12H,5H2,1H3,(H2,11,16,17). The summed E-state index contributed by atoms with van der Waals surface area (Å²) in [6, 6.07) is 2.36. The van der Waals surface area contributed by atoms with Gasteiger partial charge in [0, 0.05) is 0 Å². The summed E-state index contributed by atoms with van der Waals surface area (Å²) < 4.78 is 64.4. The number of halogens is 1. The summed E-state index contributed by atoms with van der Waals surface area (Å²) >= 11 is 0. The van der Waals surface area contributed by atoms with Crippen molar-refractivity contribution in [3.8, 4) is 0 Å². The number of rotatable bonds is 5. The largest absolute Gasteiger partial charge is 0.468 e. The predicted molar refractivity (Wildman–Crippen MR) is 67.2 cm³/mol. The lowest BCUT2D eigenvalue weighted by Crippen LogP contribution is -2.24. The van der Waals surface area contributed by atoms with Crippen molar-refractivity contribution in [2.75, 3.05) is 17.6 Å². The molecule has 20 heavy (non-hydrogen) atoms. The number of anilines is 1. The molecule has 0 fully saturated rings. The quantitative estimate of drug-likeness (QED) is 0.693. The van der Waals surface area contributed by atoms with Gasteiger partial charge in [-0.15, -0.1) is 0 Å². The molecular formula is C9H11FN2O6S2. The molecule has 0 heterocycles. The molecule has 1 aromatic carbocycles. The van der Waals surface area contributed by atoms with E-state index < -0.39 is 48.2 Å². The monoisotopic (exact) mass is 326 g/mol. The number of hydrogen-bond donors (Lipinski definition) is 2. The number of benzene rings is 1. The van der Waals surface area contributed by atoms with Gasteiger partial charge in [-0.25, -0.2) is 26.4 Å². The Hall–Kier alpha value is -1.72. The lowest BCUT2D eigenvalue weighted by atomic mass is 10.3. The van der Waals surface area contributed by atoms with Gasteiger partial charge in [0.15, 0.2) is 5.75 Å². The van der Waals surface area contributed by atoms with Crippen LogP contribution in [0.4, 0.5) is 10.1 Å². The SMILES string of the molecule is COC(=O)CS(=O)(=O)Nc1ccc(S(N)(=O)=O)cc1F. The van der Waals surface area contributed by atoms with Crippen LogP contribution in [-0.2, 0) is 29.6 Å². The number of methoxy groups -OCH3 is 1. The van der Waals surface area contributed by atoms with Crippen molar-refractivity contribution in [1.82, 2.24) is 0 Å². The Morgan fingerprint density at radius 1 is 1.35 bits per heavy atom. The molecule has 0 unspecified atom stereocenters. The van der Waals surface area contributed by atoms with E-state index in [4.69, 9.17) is 5.14 Å². The molecule has 3 N–H and O–H groups in total. The first-order chi connectivity index (χ1) is 9.05.